The first kappa shape index (κ1) is 25.0. The number of benzene rings is 3. The minimum Gasteiger partial charge on any atom is -0.460 e. The fraction of sp³-hybridized carbons (Fsp3) is 0.276. The molecule has 2 aliphatic heterocycles. The highest BCUT2D eigenvalue weighted by Crippen LogP contribution is 2.40. The lowest BCUT2D eigenvalue weighted by atomic mass is 9.94. The van der Waals surface area contributed by atoms with Crippen molar-refractivity contribution >= 4 is 45.3 Å². The van der Waals surface area contributed by atoms with Crippen molar-refractivity contribution < 1.29 is 19.1 Å². The standard InChI is InChI=1S/C29H29N3O4S/c1-19-25(28(34)36-17-16-35-2)26(32-15-6-18-37-29(32)30-19)21-11-13-22(14-12-21)31-27(33)24-10-5-8-20-7-3-4-9-23(20)24/h3-5,7-14,26H,6,15-18H2,1-2H3,(H,31,33). The third-order valence-electron chi connectivity index (χ3n) is 6.52. The number of aliphatic imine (C=N–C) groups is 1. The number of thioether (sulfide) groups is 1. The molecule has 1 unspecified atom stereocenters. The molecule has 1 amide bonds. The Morgan fingerprint density at radius 2 is 1.84 bits per heavy atom. The number of rotatable bonds is 7. The SMILES string of the molecule is COCCOC(=O)C1=C(C)N=C2SCCCN2C1c1ccc(NC(=O)c2cccc3ccccc23)cc1. The van der Waals surface area contributed by atoms with Gasteiger partial charge in [0.15, 0.2) is 5.17 Å². The van der Waals surface area contributed by atoms with E-state index in [1.165, 1.54) is 0 Å². The van der Waals surface area contributed by atoms with Crippen LogP contribution in [0.4, 0.5) is 5.69 Å². The summed E-state index contributed by atoms with van der Waals surface area (Å²) in [5.41, 5.74) is 3.46. The lowest BCUT2D eigenvalue weighted by molar-refractivity contribution is -0.141. The molecule has 1 saturated heterocycles. The van der Waals surface area contributed by atoms with Gasteiger partial charge in [-0.15, -0.1) is 0 Å². The zero-order valence-electron chi connectivity index (χ0n) is 20.9. The molecule has 0 spiro atoms. The van der Waals surface area contributed by atoms with Gasteiger partial charge < -0.3 is 19.7 Å². The number of ether oxygens (including phenoxy) is 2. The molecule has 0 aromatic heterocycles. The Morgan fingerprint density at radius 1 is 1.05 bits per heavy atom. The van der Waals surface area contributed by atoms with Crippen LogP contribution in [0, 0.1) is 0 Å². The maximum Gasteiger partial charge on any atom is 0.338 e. The van der Waals surface area contributed by atoms with Crippen LogP contribution in [0.15, 0.2) is 83.0 Å². The topological polar surface area (TPSA) is 80.2 Å². The lowest BCUT2D eigenvalue weighted by Gasteiger charge is -2.40. The molecule has 3 aromatic carbocycles. The molecule has 190 valence electrons. The van der Waals surface area contributed by atoms with E-state index in [2.05, 4.69) is 10.2 Å². The van der Waals surface area contributed by atoms with Crippen LogP contribution in [0.2, 0.25) is 0 Å². The quantitative estimate of drug-likeness (QED) is 0.335. The summed E-state index contributed by atoms with van der Waals surface area (Å²) in [6, 6.07) is 20.9. The number of amides is 1. The van der Waals surface area contributed by atoms with E-state index in [0.717, 1.165) is 40.2 Å². The number of carbonyl (C=O) groups excluding carboxylic acids is 2. The summed E-state index contributed by atoms with van der Waals surface area (Å²) in [4.78, 5) is 33.1. The van der Waals surface area contributed by atoms with Gasteiger partial charge in [-0.1, -0.05) is 60.3 Å². The van der Waals surface area contributed by atoms with Gasteiger partial charge in [0, 0.05) is 30.7 Å². The smallest absolute Gasteiger partial charge is 0.338 e. The molecule has 5 rings (SSSR count). The van der Waals surface area contributed by atoms with Crippen LogP contribution in [0.5, 0.6) is 0 Å². The third-order valence-corrected chi connectivity index (χ3v) is 7.59. The Labute approximate surface area is 220 Å². The molecule has 0 saturated carbocycles. The Morgan fingerprint density at radius 3 is 2.65 bits per heavy atom. The van der Waals surface area contributed by atoms with Gasteiger partial charge in [0.2, 0.25) is 0 Å². The number of fused-ring (bicyclic) bond motifs is 2. The molecule has 8 heteroatoms. The molecule has 2 aliphatic rings. The summed E-state index contributed by atoms with van der Waals surface area (Å²) in [5.74, 6) is 0.454. The van der Waals surface area contributed by atoms with Gasteiger partial charge in [0.25, 0.3) is 5.91 Å². The lowest BCUT2D eigenvalue weighted by Crippen LogP contribution is -2.42. The average Bonchev–Trinajstić information content (AvgIpc) is 2.92. The first-order valence-corrected chi connectivity index (χ1v) is 13.3. The van der Waals surface area contributed by atoms with Crippen molar-refractivity contribution in [2.75, 3.05) is 37.9 Å². The minimum absolute atomic E-state index is 0.165. The second-order valence-electron chi connectivity index (χ2n) is 8.92. The van der Waals surface area contributed by atoms with E-state index in [9.17, 15) is 9.59 Å². The number of esters is 1. The largest absolute Gasteiger partial charge is 0.460 e. The number of hydrogen-bond acceptors (Lipinski definition) is 7. The van der Waals surface area contributed by atoms with Gasteiger partial charge in [0.1, 0.15) is 6.61 Å². The van der Waals surface area contributed by atoms with Crippen molar-refractivity contribution in [1.29, 1.82) is 0 Å². The van der Waals surface area contributed by atoms with Crippen molar-refractivity contribution in [1.82, 2.24) is 4.90 Å². The maximum absolute atomic E-state index is 13.1. The monoisotopic (exact) mass is 515 g/mol. The van der Waals surface area contributed by atoms with Gasteiger partial charge >= 0.3 is 5.97 Å². The Kier molecular flexibility index (Phi) is 7.58. The average molecular weight is 516 g/mol. The molecule has 0 bridgehead atoms. The summed E-state index contributed by atoms with van der Waals surface area (Å²) < 4.78 is 10.5. The molecular formula is C29H29N3O4S. The number of anilines is 1. The Hall–Kier alpha value is -3.62. The second kappa shape index (κ2) is 11.2. The number of carbonyl (C=O) groups is 2. The summed E-state index contributed by atoms with van der Waals surface area (Å²) >= 11 is 1.71. The molecule has 1 atom stereocenters. The van der Waals surface area contributed by atoms with Crippen molar-refractivity contribution in [2.24, 2.45) is 4.99 Å². The van der Waals surface area contributed by atoms with Crippen LogP contribution in [-0.4, -0.2) is 54.6 Å². The van der Waals surface area contributed by atoms with Gasteiger partial charge in [-0.25, -0.2) is 9.79 Å². The number of nitrogens with zero attached hydrogens (tertiary/aromatic N) is 2. The van der Waals surface area contributed by atoms with E-state index in [1.807, 2.05) is 73.7 Å². The van der Waals surface area contributed by atoms with Gasteiger partial charge in [0.05, 0.1) is 23.9 Å². The summed E-state index contributed by atoms with van der Waals surface area (Å²) in [6.07, 6.45) is 1.00. The van der Waals surface area contributed by atoms with Crippen molar-refractivity contribution in [3.8, 4) is 0 Å². The number of amidine groups is 1. The molecule has 3 aromatic rings. The maximum atomic E-state index is 13.1. The number of methoxy groups -OCH3 is 1. The Balaban J connectivity index is 1.41. The molecule has 7 nitrogen and oxygen atoms in total. The zero-order chi connectivity index (χ0) is 25.8. The number of nitrogens with one attached hydrogen (secondary N) is 1. The van der Waals surface area contributed by atoms with E-state index in [4.69, 9.17) is 14.5 Å². The van der Waals surface area contributed by atoms with Crippen molar-refractivity contribution in [3.05, 3.63) is 89.1 Å². The summed E-state index contributed by atoms with van der Waals surface area (Å²) in [7, 11) is 1.57. The predicted octanol–water partition coefficient (Wildman–Crippen LogP) is 5.41. The van der Waals surface area contributed by atoms with E-state index in [0.29, 0.717) is 29.1 Å². The van der Waals surface area contributed by atoms with Gasteiger partial charge in [-0.3, -0.25) is 4.79 Å². The summed E-state index contributed by atoms with van der Waals surface area (Å²) in [5, 5.41) is 5.87. The molecular weight excluding hydrogens is 486 g/mol. The van der Waals surface area contributed by atoms with Crippen LogP contribution < -0.4 is 5.32 Å². The molecule has 1 fully saturated rings. The highest BCUT2D eigenvalue weighted by molar-refractivity contribution is 8.13. The first-order valence-electron chi connectivity index (χ1n) is 12.3. The number of allylic oxidation sites excluding steroid dienone is 1. The van der Waals surface area contributed by atoms with Crippen molar-refractivity contribution in [3.63, 3.8) is 0 Å². The highest BCUT2D eigenvalue weighted by atomic mass is 32.2. The van der Waals surface area contributed by atoms with Gasteiger partial charge in [-0.05, 0) is 47.9 Å². The van der Waals surface area contributed by atoms with E-state index < -0.39 is 0 Å². The molecule has 37 heavy (non-hydrogen) atoms. The zero-order valence-corrected chi connectivity index (χ0v) is 21.7. The first-order chi connectivity index (χ1) is 18.1. The summed E-state index contributed by atoms with van der Waals surface area (Å²) in [6.45, 7) is 3.18. The number of hydrogen-bond donors (Lipinski definition) is 1. The van der Waals surface area contributed by atoms with Crippen LogP contribution in [-0.2, 0) is 14.3 Å². The minimum atomic E-state index is -0.383. The van der Waals surface area contributed by atoms with Crippen LogP contribution in [0.3, 0.4) is 0 Å². The second-order valence-corrected chi connectivity index (χ2v) is 9.99. The Bertz CT molecular complexity index is 1380. The fourth-order valence-corrected chi connectivity index (χ4v) is 5.76. The van der Waals surface area contributed by atoms with Crippen LogP contribution in [0.25, 0.3) is 10.8 Å². The van der Waals surface area contributed by atoms with Crippen LogP contribution >= 0.6 is 11.8 Å². The van der Waals surface area contributed by atoms with E-state index in [-0.39, 0.29) is 24.5 Å². The fourth-order valence-electron chi connectivity index (χ4n) is 4.74. The van der Waals surface area contributed by atoms with Crippen LogP contribution in [0.1, 0.15) is 35.3 Å². The van der Waals surface area contributed by atoms with E-state index in [1.54, 1.807) is 18.9 Å². The molecule has 2 heterocycles. The van der Waals surface area contributed by atoms with Crippen molar-refractivity contribution in [2.45, 2.75) is 19.4 Å². The highest BCUT2D eigenvalue weighted by Gasteiger charge is 2.37. The normalized spacial score (nSPS) is 17.3. The third kappa shape index (κ3) is 5.26. The van der Waals surface area contributed by atoms with E-state index >= 15 is 0 Å². The molecule has 0 aliphatic carbocycles. The molecule has 1 N–H and O–H groups in total. The predicted molar refractivity (Wildman–Crippen MR) is 148 cm³/mol. The van der Waals surface area contributed by atoms with Gasteiger partial charge in [-0.2, -0.15) is 0 Å². The molecule has 0 radical (unpaired) electrons.